The highest BCUT2D eigenvalue weighted by atomic mass is 16.2. The first-order valence-electron chi connectivity index (χ1n) is 1.84. The van der Waals surface area contributed by atoms with Gasteiger partial charge in [-0.15, -0.1) is 0 Å². The molecule has 1 radical (unpaired) electrons. The molecule has 7 heavy (non-hydrogen) atoms. The SMILES string of the molecule is CC=[C]C(=O)C=O. The fourth-order valence-corrected chi connectivity index (χ4v) is 0.176. The molecule has 0 spiro atoms. The lowest BCUT2D eigenvalue weighted by Gasteiger charge is -1.66. The molecule has 0 rings (SSSR count). The monoisotopic (exact) mass is 97.0 g/mol. The van der Waals surface area contributed by atoms with E-state index in [0.717, 1.165) is 0 Å². The maximum absolute atomic E-state index is 9.90. The third kappa shape index (κ3) is 2.89. The Balaban J connectivity index is 3.58. The van der Waals surface area contributed by atoms with E-state index in [1.807, 2.05) is 0 Å². The molecule has 0 unspecified atom stereocenters. The van der Waals surface area contributed by atoms with E-state index in [0.29, 0.717) is 0 Å². The zero-order chi connectivity index (χ0) is 5.70. The van der Waals surface area contributed by atoms with Gasteiger partial charge in [0.05, 0.1) is 0 Å². The zero-order valence-electron chi connectivity index (χ0n) is 3.97. The second kappa shape index (κ2) is 3.28. The van der Waals surface area contributed by atoms with Gasteiger partial charge in [0.15, 0.2) is 6.29 Å². The molecular weight excluding hydrogens is 92.1 g/mol. The number of allylic oxidation sites excluding steroid dienone is 2. The Morgan fingerprint density at radius 1 is 1.71 bits per heavy atom. The van der Waals surface area contributed by atoms with Gasteiger partial charge in [-0.2, -0.15) is 0 Å². The molecule has 37 valence electrons. The quantitative estimate of drug-likeness (QED) is 0.279. The Kier molecular flexibility index (Phi) is 2.85. The Morgan fingerprint density at radius 3 is 2.43 bits per heavy atom. The number of carbonyl (C=O) groups is 2. The van der Waals surface area contributed by atoms with Gasteiger partial charge < -0.3 is 0 Å². The van der Waals surface area contributed by atoms with Gasteiger partial charge in [0.1, 0.15) is 0 Å². The van der Waals surface area contributed by atoms with Gasteiger partial charge in [-0.3, -0.25) is 9.59 Å². The Morgan fingerprint density at radius 2 is 2.29 bits per heavy atom. The van der Waals surface area contributed by atoms with Gasteiger partial charge in [-0.25, -0.2) is 0 Å². The Hall–Kier alpha value is -0.920. The van der Waals surface area contributed by atoms with Crippen molar-refractivity contribution in [1.29, 1.82) is 0 Å². The van der Waals surface area contributed by atoms with E-state index in [1.54, 1.807) is 6.92 Å². The van der Waals surface area contributed by atoms with Crippen LogP contribution in [0.4, 0.5) is 0 Å². The lowest BCUT2D eigenvalue weighted by atomic mass is 10.4. The van der Waals surface area contributed by atoms with Crippen molar-refractivity contribution < 1.29 is 9.59 Å². The topological polar surface area (TPSA) is 34.1 Å². The summed E-state index contributed by atoms with van der Waals surface area (Å²) in [7, 11) is 0. The smallest absolute Gasteiger partial charge is 0.225 e. The molecule has 0 aliphatic heterocycles. The predicted octanol–water partition coefficient (Wildman–Crippen LogP) is 0.134. The largest absolute Gasteiger partial charge is 0.294 e. The predicted molar refractivity (Wildman–Crippen MR) is 24.6 cm³/mol. The van der Waals surface area contributed by atoms with E-state index in [1.165, 1.54) is 6.08 Å². The van der Waals surface area contributed by atoms with E-state index >= 15 is 0 Å². The van der Waals surface area contributed by atoms with E-state index in [4.69, 9.17) is 0 Å². The molecule has 2 heteroatoms. The van der Waals surface area contributed by atoms with Crippen LogP contribution in [0.5, 0.6) is 0 Å². The van der Waals surface area contributed by atoms with Gasteiger partial charge in [0.2, 0.25) is 5.78 Å². The van der Waals surface area contributed by atoms with Crippen LogP contribution in [-0.2, 0) is 9.59 Å². The molecule has 2 nitrogen and oxygen atoms in total. The summed E-state index contributed by atoms with van der Waals surface area (Å²) in [6, 6.07) is 0. The van der Waals surface area contributed by atoms with Crippen molar-refractivity contribution in [3.63, 3.8) is 0 Å². The van der Waals surface area contributed by atoms with Gasteiger partial charge in [-0.1, -0.05) is 6.08 Å². The summed E-state index contributed by atoms with van der Waals surface area (Å²) >= 11 is 0. The average Bonchev–Trinajstić information content (AvgIpc) is 1.68. The number of rotatable bonds is 2. The molecule has 0 aromatic carbocycles. The first kappa shape index (κ1) is 6.08. The van der Waals surface area contributed by atoms with Crippen LogP contribution in [0, 0.1) is 6.08 Å². The van der Waals surface area contributed by atoms with Gasteiger partial charge in [0.25, 0.3) is 0 Å². The zero-order valence-corrected chi connectivity index (χ0v) is 3.97. The molecule has 0 saturated carbocycles. The van der Waals surface area contributed by atoms with Gasteiger partial charge >= 0.3 is 0 Å². The molecule has 0 fully saturated rings. The Bertz CT molecular complexity index is 103. The maximum atomic E-state index is 9.90. The van der Waals surface area contributed by atoms with Gasteiger partial charge in [0, 0.05) is 6.08 Å². The third-order valence-corrected chi connectivity index (χ3v) is 0.394. The molecule has 0 atom stereocenters. The number of ketones is 1. The Labute approximate surface area is 41.8 Å². The minimum absolute atomic E-state index is 0.222. The van der Waals surface area contributed by atoms with Crippen molar-refractivity contribution in [3.05, 3.63) is 12.2 Å². The summed E-state index contributed by atoms with van der Waals surface area (Å²) < 4.78 is 0. The second-order valence-electron chi connectivity index (χ2n) is 0.915. The highest BCUT2D eigenvalue weighted by molar-refractivity contribution is 6.28. The highest BCUT2D eigenvalue weighted by Crippen LogP contribution is 1.65. The minimum atomic E-state index is -0.609. The average molecular weight is 97.1 g/mol. The summed E-state index contributed by atoms with van der Waals surface area (Å²) in [5.74, 6) is -0.609. The lowest BCUT2D eigenvalue weighted by molar-refractivity contribution is -0.127. The first-order chi connectivity index (χ1) is 3.31. The lowest BCUT2D eigenvalue weighted by Crippen LogP contribution is -1.91. The number of hydrogen-bond acceptors (Lipinski definition) is 2. The minimum Gasteiger partial charge on any atom is -0.294 e. The van der Waals surface area contributed by atoms with Crippen molar-refractivity contribution in [2.75, 3.05) is 0 Å². The molecular formula is C5H5O2. The molecule has 0 N–H and O–H groups in total. The van der Waals surface area contributed by atoms with Crippen LogP contribution < -0.4 is 0 Å². The summed E-state index contributed by atoms with van der Waals surface area (Å²) in [6.07, 6.45) is 3.78. The standard InChI is InChI=1S/C5H5O2/c1-2-3-5(7)4-6/h2,4H,1H3. The van der Waals surface area contributed by atoms with E-state index in [2.05, 4.69) is 6.08 Å². The van der Waals surface area contributed by atoms with Crippen LogP contribution in [-0.4, -0.2) is 12.1 Å². The molecule has 0 bridgehead atoms. The molecule has 0 amide bonds. The van der Waals surface area contributed by atoms with Crippen LogP contribution >= 0.6 is 0 Å². The van der Waals surface area contributed by atoms with Crippen molar-refractivity contribution in [2.24, 2.45) is 0 Å². The van der Waals surface area contributed by atoms with Crippen LogP contribution in [0.3, 0.4) is 0 Å². The maximum Gasteiger partial charge on any atom is 0.225 e. The van der Waals surface area contributed by atoms with Crippen molar-refractivity contribution in [3.8, 4) is 0 Å². The molecule has 0 aliphatic rings. The summed E-state index contributed by atoms with van der Waals surface area (Å²) in [6.45, 7) is 1.63. The van der Waals surface area contributed by atoms with Crippen LogP contribution in [0.1, 0.15) is 6.92 Å². The van der Waals surface area contributed by atoms with Crippen molar-refractivity contribution >= 4 is 12.1 Å². The van der Waals surface area contributed by atoms with E-state index < -0.39 is 5.78 Å². The first-order valence-corrected chi connectivity index (χ1v) is 1.84. The summed E-state index contributed by atoms with van der Waals surface area (Å²) in [5.41, 5.74) is 0. The number of carbonyl (C=O) groups excluding carboxylic acids is 2. The van der Waals surface area contributed by atoms with E-state index in [9.17, 15) is 9.59 Å². The molecule has 0 aromatic rings. The molecule has 0 saturated heterocycles. The van der Waals surface area contributed by atoms with Crippen LogP contribution in [0.15, 0.2) is 6.08 Å². The van der Waals surface area contributed by atoms with Crippen LogP contribution in [0.25, 0.3) is 0 Å². The van der Waals surface area contributed by atoms with Gasteiger partial charge in [-0.05, 0) is 6.92 Å². The number of hydrogen-bond donors (Lipinski definition) is 0. The normalized spacial score (nSPS) is 9.29. The van der Waals surface area contributed by atoms with Crippen LogP contribution in [0.2, 0.25) is 0 Å². The molecule has 0 aliphatic carbocycles. The van der Waals surface area contributed by atoms with Crippen molar-refractivity contribution in [2.45, 2.75) is 6.92 Å². The fourth-order valence-electron chi connectivity index (χ4n) is 0.176. The fraction of sp³-hybridized carbons (Fsp3) is 0.200. The highest BCUT2D eigenvalue weighted by Gasteiger charge is 1.85. The third-order valence-electron chi connectivity index (χ3n) is 0.394. The van der Waals surface area contributed by atoms with E-state index in [-0.39, 0.29) is 6.29 Å². The molecule has 0 heterocycles. The second-order valence-corrected chi connectivity index (χ2v) is 0.915. The summed E-state index contributed by atoms with van der Waals surface area (Å²) in [5, 5.41) is 0. The summed E-state index contributed by atoms with van der Waals surface area (Å²) in [4.78, 5) is 19.4. The van der Waals surface area contributed by atoms with Crippen molar-refractivity contribution in [1.82, 2.24) is 0 Å². The molecule has 0 aromatic heterocycles. The number of aldehydes is 1. The number of Topliss-reactive ketones (excluding diaryl/α,β-unsaturated/α-hetero) is 1.